The summed E-state index contributed by atoms with van der Waals surface area (Å²) >= 11 is 0. The highest BCUT2D eigenvalue weighted by atomic mass is 32.2. The molecule has 3 aromatic carbocycles. The van der Waals surface area contributed by atoms with Crippen LogP contribution in [0.2, 0.25) is 0 Å². The van der Waals surface area contributed by atoms with Gasteiger partial charge in [-0.05, 0) is 54.6 Å². The van der Waals surface area contributed by atoms with E-state index in [0.29, 0.717) is 22.3 Å². The van der Waals surface area contributed by atoms with E-state index in [2.05, 4.69) is 31.8 Å². The Kier molecular flexibility index (Phi) is 5.79. The molecule has 32 heavy (non-hydrogen) atoms. The molecule has 0 radical (unpaired) electrons. The molecular formula is C23H18N4O4S. The average molecular weight is 446 g/mol. The van der Waals surface area contributed by atoms with Gasteiger partial charge in [-0.3, -0.25) is 9.52 Å². The van der Waals surface area contributed by atoms with Gasteiger partial charge in [-0.15, -0.1) is 0 Å². The number of anilines is 1. The van der Waals surface area contributed by atoms with Crippen LogP contribution in [-0.4, -0.2) is 30.8 Å². The molecule has 160 valence electrons. The van der Waals surface area contributed by atoms with E-state index >= 15 is 0 Å². The van der Waals surface area contributed by atoms with Crippen molar-refractivity contribution in [1.82, 2.24) is 15.3 Å². The first kappa shape index (κ1) is 21.0. The Morgan fingerprint density at radius 2 is 1.62 bits per heavy atom. The van der Waals surface area contributed by atoms with E-state index in [1.807, 2.05) is 30.3 Å². The number of carbonyl (C=O) groups is 1. The van der Waals surface area contributed by atoms with Gasteiger partial charge in [0.2, 0.25) is 0 Å². The number of amides is 1. The summed E-state index contributed by atoms with van der Waals surface area (Å²) in [5, 5.41) is 2.70. The first-order valence-electron chi connectivity index (χ1n) is 9.58. The van der Waals surface area contributed by atoms with Crippen molar-refractivity contribution in [2.75, 3.05) is 11.3 Å². The number of carbonyl (C=O) groups excluding carboxylic acids is 1. The molecule has 8 nitrogen and oxygen atoms in total. The summed E-state index contributed by atoms with van der Waals surface area (Å²) in [5.74, 6) is 5.51. The van der Waals surface area contributed by atoms with E-state index in [4.69, 9.17) is 0 Å². The van der Waals surface area contributed by atoms with Gasteiger partial charge in [-0.25, -0.2) is 13.2 Å². The van der Waals surface area contributed by atoms with Crippen molar-refractivity contribution in [2.24, 2.45) is 0 Å². The van der Waals surface area contributed by atoms with Crippen molar-refractivity contribution >= 4 is 32.7 Å². The second-order valence-corrected chi connectivity index (χ2v) is 8.50. The quantitative estimate of drug-likeness (QED) is 0.352. The molecule has 0 aliphatic heterocycles. The number of aromatic amines is 2. The summed E-state index contributed by atoms with van der Waals surface area (Å²) in [6.07, 6.45) is 0. The minimum atomic E-state index is -3.88. The fourth-order valence-corrected chi connectivity index (χ4v) is 4.06. The van der Waals surface area contributed by atoms with E-state index in [1.165, 1.54) is 42.5 Å². The molecule has 0 saturated carbocycles. The molecule has 0 spiro atoms. The number of rotatable bonds is 5. The first-order valence-corrected chi connectivity index (χ1v) is 11.1. The van der Waals surface area contributed by atoms with Gasteiger partial charge in [0.15, 0.2) is 0 Å². The number of sulfonamides is 1. The standard InChI is InChI=1S/C23H18N4O4S/c28-22(24-14-4-7-16-5-2-1-3-6-16)17-8-10-18(11-9-17)27-32(30,31)19-12-13-20-21(15-19)26-23(29)25-20/h1-3,5-6,8-13,15,27H,14H2,(H,24,28)(H2,25,26,29). The number of imidazole rings is 1. The molecule has 0 aliphatic rings. The molecule has 1 aromatic heterocycles. The molecule has 0 atom stereocenters. The topological polar surface area (TPSA) is 124 Å². The third-order valence-corrected chi connectivity index (χ3v) is 5.92. The summed E-state index contributed by atoms with van der Waals surface area (Å²) in [6.45, 7) is 0.186. The lowest BCUT2D eigenvalue weighted by Crippen LogP contribution is -2.23. The summed E-state index contributed by atoms with van der Waals surface area (Å²) in [4.78, 5) is 28.7. The van der Waals surface area contributed by atoms with Gasteiger partial charge < -0.3 is 15.3 Å². The van der Waals surface area contributed by atoms with E-state index in [1.54, 1.807) is 0 Å². The van der Waals surface area contributed by atoms with E-state index in [0.717, 1.165) is 5.56 Å². The number of aromatic nitrogens is 2. The molecule has 4 aromatic rings. The second-order valence-electron chi connectivity index (χ2n) is 6.82. The minimum absolute atomic E-state index is 0.000870. The van der Waals surface area contributed by atoms with Crippen molar-refractivity contribution in [3.8, 4) is 11.8 Å². The van der Waals surface area contributed by atoms with Crippen LogP contribution < -0.4 is 15.7 Å². The number of fused-ring (bicyclic) bond motifs is 1. The predicted molar refractivity (Wildman–Crippen MR) is 122 cm³/mol. The van der Waals surface area contributed by atoms with Crippen LogP contribution in [-0.2, 0) is 10.0 Å². The van der Waals surface area contributed by atoms with Crippen molar-refractivity contribution in [2.45, 2.75) is 4.90 Å². The number of H-pyrrole nitrogens is 2. The lowest BCUT2D eigenvalue weighted by atomic mass is 10.2. The average Bonchev–Trinajstić information content (AvgIpc) is 3.17. The fourth-order valence-electron chi connectivity index (χ4n) is 2.98. The zero-order chi connectivity index (χ0) is 22.6. The number of benzene rings is 3. The lowest BCUT2D eigenvalue weighted by Gasteiger charge is -2.09. The van der Waals surface area contributed by atoms with Gasteiger partial charge in [-0.2, -0.15) is 0 Å². The maximum atomic E-state index is 12.7. The minimum Gasteiger partial charge on any atom is -0.341 e. The van der Waals surface area contributed by atoms with E-state index in [9.17, 15) is 18.0 Å². The third-order valence-electron chi connectivity index (χ3n) is 4.54. The molecule has 0 fully saturated rings. The highest BCUT2D eigenvalue weighted by molar-refractivity contribution is 7.92. The Morgan fingerprint density at radius 1 is 0.906 bits per heavy atom. The van der Waals surface area contributed by atoms with Gasteiger partial charge in [0.05, 0.1) is 22.5 Å². The lowest BCUT2D eigenvalue weighted by molar-refractivity contribution is 0.0958. The monoisotopic (exact) mass is 446 g/mol. The normalized spacial score (nSPS) is 10.9. The molecular weight excluding hydrogens is 428 g/mol. The van der Waals surface area contributed by atoms with Crippen LogP contribution in [0.25, 0.3) is 11.0 Å². The largest absolute Gasteiger partial charge is 0.341 e. The summed E-state index contributed by atoms with van der Waals surface area (Å²) in [7, 11) is -3.88. The van der Waals surface area contributed by atoms with Gasteiger partial charge >= 0.3 is 5.69 Å². The SMILES string of the molecule is O=C(NCC#Cc1ccccc1)c1ccc(NS(=O)(=O)c2ccc3[nH]c(=O)[nH]c3c2)cc1. The van der Waals surface area contributed by atoms with E-state index in [-0.39, 0.29) is 17.3 Å². The Hall–Kier alpha value is -4.29. The zero-order valence-corrected chi connectivity index (χ0v) is 17.5. The number of hydrogen-bond donors (Lipinski definition) is 4. The molecule has 1 heterocycles. The zero-order valence-electron chi connectivity index (χ0n) is 16.7. The van der Waals surface area contributed by atoms with Crippen LogP contribution in [0.5, 0.6) is 0 Å². The van der Waals surface area contributed by atoms with Crippen LogP contribution in [0, 0.1) is 11.8 Å². The Balaban J connectivity index is 1.39. The molecule has 0 bridgehead atoms. The molecule has 1 amide bonds. The van der Waals surface area contributed by atoms with Crippen LogP contribution in [0.4, 0.5) is 5.69 Å². The van der Waals surface area contributed by atoms with Gasteiger partial charge in [0.1, 0.15) is 0 Å². The number of hydrogen-bond acceptors (Lipinski definition) is 4. The van der Waals surface area contributed by atoms with Gasteiger partial charge in [-0.1, -0.05) is 30.0 Å². The Labute approximate surface area is 183 Å². The van der Waals surface area contributed by atoms with Gasteiger partial charge in [0.25, 0.3) is 15.9 Å². The maximum absolute atomic E-state index is 12.7. The number of nitrogens with one attached hydrogen (secondary N) is 4. The second kappa shape index (κ2) is 8.83. The molecule has 0 unspecified atom stereocenters. The van der Waals surface area contributed by atoms with Crippen LogP contribution in [0.15, 0.2) is 82.5 Å². The maximum Gasteiger partial charge on any atom is 0.323 e. The highest BCUT2D eigenvalue weighted by Crippen LogP contribution is 2.19. The molecule has 4 rings (SSSR count). The van der Waals surface area contributed by atoms with Gasteiger partial charge in [0, 0.05) is 16.8 Å². The summed E-state index contributed by atoms with van der Waals surface area (Å²) in [6, 6.07) is 19.7. The smallest absolute Gasteiger partial charge is 0.323 e. The van der Waals surface area contributed by atoms with Crippen LogP contribution in [0.3, 0.4) is 0 Å². The third kappa shape index (κ3) is 4.88. The van der Waals surface area contributed by atoms with Crippen molar-refractivity contribution in [3.05, 3.63) is 94.4 Å². The molecule has 0 saturated heterocycles. The Bertz CT molecular complexity index is 1490. The fraction of sp³-hybridized carbons (Fsp3) is 0.0435. The van der Waals surface area contributed by atoms with Crippen LogP contribution in [0.1, 0.15) is 15.9 Å². The molecule has 0 aliphatic carbocycles. The predicted octanol–water partition coefficient (Wildman–Crippen LogP) is 2.44. The highest BCUT2D eigenvalue weighted by Gasteiger charge is 2.16. The molecule has 9 heteroatoms. The van der Waals surface area contributed by atoms with Crippen molar-refractivity contribution in [1.29, 1.82) is 0 Å². The van der Waals surface area contributed by atoms with Crippen molar-refractivity contribution < 1.29 is 13.2 Å². The Morgan fingerprint density at radius 3 is 2.38 bits per heavy atom. The van der Waals surface area contributed by atoms with Crippen LogP contribution >= 0.6 is 0 Å². The van der Waals surface area contributed by atoms with E-state index < -0.39 is 15.7 Å². The molecule has 4 N–H and O–H groups in total. The first-order chi connectivity index (χ1) is 15.4. The van der Waals surface area contributed by atoms with Crippen molar-refractivity contribution in [3.63, 3.8) is 0 Å². The summed E-state index contributed by atoms with van der Waals surface area (Å²) < 4.78 is 27.8. The summed E-state index contributed by atoms with van der Waals surface area (Å²) in [5.41, 5.74) is 2.02.